The highest BCUT2D eigenvalue weighted by atomic mass is 35.5. The number of carboxylic acid groups (broad SMARTS) is 1. The zero-order valence-electron chi connectivity index (χ0n) is 6.17. The second-order valence-corrected chi connectivity index (χ2v) is 2.57. The van der Waals surface area contributed by atoms with Crippen LogP contribution < -0.4 is 0 Å². The van der Waals surface area contributed by atoms with Gasteiger partial charge in [0.05, 0.1) is 5.56 Å². The van der Waals surface area contributed by atoms with Gasteiger partial charge in [-0.25, -0.2) is 18.6 Å². The van der Waals surface area contributed by atoms with Gasteiger partial charge in [0.25, 0.3) is 6.43 Å². The predicted molar refractivity (Wildman–Crippen MR) is 41.2 cm³/mol. The molecule has 0 unspecified atom stereocenters. The summed E-state index contributed by atoms with van der Waals surface area (Å²) in [6.07, 6.45) is -1.90. The Balaban J connectivity index is 3.19. The number of hydrogen-bond donors (Lipinski definition) is 1. The van der Waals surface area contributed by atoms with Gasteiger partial charge in [-0.3, -0.25) is 0 Å². The lowest BCUT2D eigenvalue weighted by atomic mass is 10.2. The van der Waals surface area contributed by atoms with Crippen LogP contribution in [0.1, 0.15) is 22.3 Å². The van der Waals surface area contributed by atoms with Crippen LogP contribution in [0, 0.1) is 0 Å². The van der Waals surface area contributed by atoms with Crippen molar-refractivity contribution in [2.45, 2.75) is 6.43 Å². The Labute approximate surface area is 77.0 Å². The molecule has 0 fully saturated rings. The molecular formula is C7H4ClF2NO2. The smallest absolute Gasteiger partial charge is 0.338 e. The second-order valence-electron chi connectivity index (χ2n) is 2.21. The van der Waals surface area contributed by atoms with Gasteiger partial charge >= 0.3 is 5.97 Å². The standard InChI is InChI=1S/C7H4ClF2NO2/c8-5-4(7(12)13)1-3(2-11-5)6(9)10/h1-2,6H,(H,12,13). The van der Waals surface area contributed by atoms with E-state index in [1.165, 1.54) is 0 Å². The number of hydrogen-bond acceptors (Lipinski definition) is 2. The Hall–Kier alpha value is -1.23. The molecule has 1 aromatic rings. The third kappa shape index (κ3) is 2.12. The van der Waals surface area contributed by atoms with Crippen molar-refractivity contribution >= 4 is 17.6 Å². The van der Waals surface area contributed by atoms with E-state index in [1.807, 2.05) is 0 Å². The molecule has 1 heterocycles. The molecule has 0 atom stereocenters. The zero-order valence-corrected chi connectivity index (χ0v) is 6.92. The van der Waals surface area contributed by atoms with Crippen molar-refractivity contribution in [2.24, 2.45) is 0 Å². The van der Waals surface area contributed by atoms with Crippen molar-refractivity contribution in [3.8, 4) is 0 Å². The third-order valence-electron chi connectivity index (χ3n) is 1.34. The molecule has 3 nitrogen and oxygen atoms in total. The molecule has 1 N–H and O–H groups in total. The van der Waals surface area contributed by atoms with Crippen molar-refractivity contribution in [2.75, 3.05) is 0 Å². The summed E-state index contributed by atoms with van der Waals surface area (Å²) in [5.74, 6) is -1.38. The molecule has 0 aliphatic rings. The molecule has 1 aromatic heterocycles. The van der Waals surface area contributed by atoms with Crippen molar-refractivity contribution in [3.63, 3.8) is 0 Å². The fraction of sp³-hybridized carbons (Fsp3) is 0.143. The van der Waals surface area contributed by atoms with E-state index in [4.69, 9.17) is 16.7 Å². The van der Waals surface area contributed by atoms with Gasteiger partial charge in [0, 0.05) is 11.8 Å². The van der Waals surface area contributed by atoms with Crippen LogP contribution in [0.3, 0.4) is 0 Å². The molecule has 0 aliphatic heterocycles. The first kappa shape index (κ1) is 9.85. The van der Waals surface area contributed by atoms with Crippen LogP contribution in [-0.4, -0.2) is 16.1 Å². The number of nitrogens with zero attached hydrogens (tertiary/aromatic N) is 1. The quantitative estimate of drug-likeness (QED) is 0.758. The van der Waals surface area contributed by atoms with Crippen LogP contribution in [0.4, 0.5) is 8.78 Å². The molecule has 0 saturated heterocycles. The molecule has 70 valence electrons. The molecule has 0 radical (unpaired) electrons. The summed E-state index contributed by atoms with van der Waals surface area (Å²) in [4.78, 5) is 13.8. The molecule has 0 aromatic carbocycles. The van der Waals surface area contributed by atoms with Crippen LogP contribution in [-0.2, 0) is 0 Å². The van der Waals surface area contributed by atoms with E-state index in [-0.39, 0.29) is 5.15 Å². The number of aromatic nitrogens is 1. The lowest BCUT2D eigenvalue weighted by Gasteiger charge is -2.01. The molecule has 1 rings (SSSR count). The Bertz CT molecular complexity index is 343. The first-order valence-electron chi connectivity index (χ1n) is 3.19. The maximum atomic E-state index is 12.1. The fourth-order valence-corrected chi connectivity index (χ4v) is 0.918. The topological polar surface area (TPSA) is 50.2 Å². The highest BCUT2D eigenvalue weighted by Gasteiger charge is 2.14. The minimum absolute atomic E-state index is 0.295. The lowest BCUT2D eigenvalue weighted by molar-refractivity contribution is 0.0696. The van der Waals surface area contributed by atoms with E-state index in [0.29, 0.717) is 0 Å². The third-order valence-corrected chi connectivity index (χ3v) is 1.64. The van der Waals surface area contributed by atoms with Crippen LogP contribution >= 0.6 is 11.6 Å². The van der Waals surface area contributed by atoms with Crippen molar-refractivity contribution in [3.05, 3.63) is 28.5 Å². The van der Waals surface area contributed by atoms with E-state index in [2.05, 4.69) is 4.98 Å². The monoisotopic (exact) mass is 207 g/mol. The summed E-state index contributed by atoms with van der Waals surface area (Å²) < 4.78 is 24.1. The zero-order chi connectivity index (χ0) is 10.0. The average molecular weight is 208 g/mol. The molecule has 0 amide bonds. The van der Waals surface area contributed by atoms with Gasteiger partial charge in [-0.2, -0.15) is 0 Å². The van der Waals surface area contributed by atoms with E-state index in [0.717, 1.165) is 12.3 Å². The molecule has 0 bridgehead atoms. The fourth-order valence-electron chi connectivity index (χ4n) is 0.734. The van der Waals surface area contributed by atoms with Gasteiger partial charge in [0.2, 0.25) is 0 Å². The first-order chi connectivity index (χ1) is 6.02. The van der Waals surface area contributed by atoms with Gasteiger partial charge in [0.1, 0.15) is 5.15 Å². The van der Waals surface area contributed by atoms with Crippen LogP contribution in [0.5, 0.6) is 0 Å². The molecule has 6 heteroatoms. The number of aromatic carboxylic acids is 1. The summed E-state index contributed by atoms with van der Waals surface area (Å²) in [5, 5.41) is 8.21. The Morgan fingerprint density at radius 1 is 1.62 bits per heavy atom. The van der Waals surface area contributed by atoms with Gasteiger partial charge in [-0.1, -0.05) is 11.6 Å². The number of alkyl halides is 2. The van der Waals surface area contributed by atoms with Crippen LogP contribution in [0.25, 0.3) is 0 Å². The molecule has 13 heavy (non-hydrogen) atoms. The Kier molecular flexibility index (Phi) is 2.77. The Morgan fingerprint density at radius 2 is 2.23 bits per heavy atom. The molecule has 0 saturated carbocycles. The maximum absolute atomic E-state index is 12.1. The average Bonchev–Trinajstić information content (AvgIpc) is 2.04. The van der Waals surface area contributed by atoms with Crippen LogP contribution in [0.2, 0.25) is 5.15 Å². The minimum atomic E-state index is -2.75. The van der Waals surface area contributed by atoms with Crippen molar-refractivity contribution in [1.29, 1.82) is 0 Å². The Morgan fingerprint density at radius 3 is 2.69 bits per heavy atom. The summed E-state index contributed by atoms with van der Waals surface area (Å²) in [6, 6.07) is 0.808. The SMILES string of the molecule is O=C(O)c1cc(C(F)F)cnc1Cl. The predicted octanol–water partition coefficient (Wildman–Crippen LogP) is 2.37. The maximum Gasteiger partial charge on any atom is 0.338 e. The van der Waals surface area contributed by atoms with Crippen molar-refractivity contribution < 1.29 is 18.7 Å². The number of carboxylic acids is 1. The van der Waals surface area contributed by atoms with Gasteiger partial charge in [-0.15, -0.1) is 0 Å². The summed E-state index contributed by atoms with van der Waals surface area (Å²) >= 11 is 5.36. The largest absolute Gasteiger partial charge is 0.478 e. The summed E-state index contributed by atoms with van der Waals surface area (Å²) in [7, 11) is 0. The van der Waals surface area contributed by atoms with E-state index in [9.17, 15) is 13.6 Å². The van der Waals surface area contributed by atoms with Crippen molar-refractivity contribution in [1.82, 2.24) is 4.98 Å². The van der Waals surface area contributed by atoms with Gasteiger partial charge in [-0.05, 0) is 6.07 Å². The number of pyridine rings is 1. The van der Waals surface area contributed by atoms with Crippen LogP contribution in [0.15, 0.2) is 12.3 Å². The highest BCUT2D eigenvalue weighted by molar-refractivity contribution is 6.32. The number of carbonyl (C=O) groups is 1. The normalized spacial score (nSPS) is 10.5. The first-order valence-corrected chi connectivity index (χ1v) is 3.57. The highest BCUT2D eigenvalue weighted by Crippen LogP contribution is 2.22. The second kappa shape index (κ2) is 3.66. The summed E-state index contributed by atoms with van der Waals surface area (Å²) in [5.41, 5.74) is -0.874. The molecule has 0 spiro atoms. The summed E-state index contributed by atoms with van der Waals surface area (Å²) in [6.45, 7) is 0. The minimum Gasteiger partial charge on any atom is -0.478 e. The van der Waals surface area contributed by atoms with E-state index >= 15 is 0 Å². The number of rotatable bonds is 2. The van der Waals surface area contributed by atoms with Gasteiger partial charge < -0.3 is 5.11 Å². The van der Waals surface area contributed by atoms with E-state index < -0.39 is 23.5 Å². The molecular weight excluding hydrogens is 204 g/mol. The number of halogens is 3. The van der Waals surface area contributed by atoms with Gasteiger partial charge in [0.15, 0.2) is 0 Å². The lowest BCUT2D eigenvalue weighted by Crippen LogP contribution is -2.01. The molecule has 0 aliphatic carbocycles. The van der Waals surface area contributed by atoms with E-state index in [1.54, 1.807) is 0 Å².